The van der Waals surface area contributed by atoms with Gasteiger partial charge in [0.25, 0.3) is 0 Å². The number of aromatic nitrogens is 3. The molecule has 3 aromatic rings. The highest BCUT2D eigenvalue weighted by atomic mass is 32.1. The van der Waals surface area contributed by atoms with E-state index in [-0.39, 0.29) is 5.69 Å². The van der Waals surface area contributed by atoms with E-state index in [0.29, 0.717) is 28.8 Å². The van der Waals surface area contributed by atoms with Crippen molar-refractivity contribution in [2.75, 3.05) is 24.7 Å². The fourth-order valence-electron chi connectivity index (χ4n) is 2.61. The topological polar surface area (TPSA) is 77.0 Å². The summed E-state index contributed by atoms with van der Waals surface area (Å²) >= 11 is 1.64. The van der Waals surface area contributed by atoms with E-state index in [1.807, 2.05) is 31.1 Å². The summed E-state index contributed by atoms with van der Waals surface area (Å²) in [7, 11) is 3.78. The van der Waals surface area contributed by atoms with Crippen molar-refractivity contribution in [3.63, 3.8) is 0 Å². The van der Waals surface area contributed by atoms with E-state index in [1.165, 1.54) is 12.8 Å². The van der Waals surface area contributed by atoms with E-state index in [4.69, 9.17) is 10.7 Å². The third-order valence-electron chi connectivity index (χ3n) is 3.91. The molecular formula is C16H17N5OS. The van der Waals surface area contributed by atoms with Crippen LogP contribution in [0.3, 0.4) is 0 Å². The van der Waals surface area contributed by atoms with Crippen LogP contribution >= 0.6 is 11.3 Å². The third kappa shape index (κ3) is 2.37. The van der Waals surface area contributed by atoms with Crippen molar-refractivity contribution in [3.8, 4) is 5.69 Å². The lowest BCUT2D eigenvalue weighted by atomic mass is 10.3. The standard InChI is InChI=1S/C16H17N5OS/c1-20(2)13-12-14(18-15(23-12)9-6-7-9)21(16(22)19-13)11-5-3-4-10(17)8-11/h3-5,8-9H,6-7,17H2,1-2H3. The number of rotatable bonds is 3. The van der Waals surface area contributed by atoms with Gasteiger partial charge in [0.1, 0.15) is 4.70 Å². The second-order valence-electron chi connectivity index (χ2n) is 6.02. The molecule has 4 rings (SSSR count). The average molecular weight is 327 g/mol. The first-order valence-electron chi connectivity index (χ1n) is 7.51. The Labute approximate surface area is 137 Å². The molecule has 6 nitrogen and oxygen atoms in total. The van der Waals surface area contributed by atoms with Crippen molar-refractivity contribution in [1.82, 2.24) is 14.5 Å². The SMILES string of the molecule is CN(C)c1nc(=O)n(-c2cccc(N)c2)c2nc(C3CC3)sc12. The van der Waals surface area contributed by atoms with Crippen LogP contribution in [0.5, 0.6) is 0 Å². The van der Waals surface area contributed by atoms with Gasteiger partial charge in [0, 0.05) is 25.7 Å². The highest BCUT2D eigenvalue weighted by Crippen LogP contribution is 2.44. The molecule has 2 aromatic heterocycles. The van der Waals surface area contributed by atoms with E-state index in [0.717, 1.165) is 9.71 Å². The van der Waals surface area contributed by atoms with E-state index in [2.05, 4.69) is 4.98 Å². The fourth-order valence-corrected chi connectivity index (χ4v) is 3.90. The predicted octanol–water partition coefficient (Wildman–Crippen LogP) is 2.37. The van der Waals surface area contributed by atoms with Crippen LogP contribution in [0, 0.1) is 0 Å². The van der Waals surface area contributed by atoms with Crippen molar-refractivity contribution in [1.29, 1.82) is 0 Å². The van der Waals surface area contributed by atoms with Gasteiger partial charge in [-0.2, -0.15) is 4.98 Å². The van der Waals surface area contributed by atoms with Crippen molar-refractivity contribution in [2.24, 2.45) is 0 Å². The molecule has 0 unspecified atom stereocenters. The minimum absolute atomic E-state index is 0.334. The predicted molar refractivity (Wildman–Crippen MR) is 93.7 cm³/mol. The molecule has 2 N–H and O–H groups in total. The zero-order chi connectivity index (χ0) is 16.1. The Morgan fingerprint density at radius 1 is 1.30 bits per heavy atom. The fraction of sp³-hybridized carbons (Fsp3) is 0.312. The van der Waals surface area contributed by atoms with E-state index >= 15 is 0 Å². The van der Waals surface area contributed by atoms with Crippen molar-refractivity contribution in [3.05, 3.63) is 39.8 Å². The Morgan fingerprint density at radius 2 is 2.09 bits per heavy atom. The summed E-state index contributed by atoms with van der Waals surface area (Å²) in [5.74, 6) is 1.21. The van der Waals surface area contributed by atoms with Crippen LogP contribution in [-0.4, -0.2) is 28.6 Å². The highest BCUT2D eigenvalue weighted by Gasteiger charge is 2.29. The van der Waals surface area contributed by atoms with Crippen LogP contribution in [-0.2, 0) is 0 Å². The zero-order valence-corrected chi connectivity index (χ0v) is 13.8. The number of nitrogen functional groups attached to an aromatic ring is 1. The molecule has 0 amide bonds. The van der Waals surface area contributed by atoms with Crippen molar-refractivity contribution >= 4 is 33.2 Å². The van der Waals surface area contributed by atoms with E-state index in [1.54, 1.807) is 28.0 Å². The summed E-state index contributed by atoms with van der Waals surface area (Å²) in [6.07, 6.45) is 2.35. The lowest BCUT2D eigenvalue weighted by Crippen LogP contribution is -2.25. The van der Waals surface area contributed by atoms with Gasteiger partial charge in [0.2, 0.25) is 0 Å². The Morgan fingerprint density at radius 3 is 2.74 bits per heavy atom. The van der Waals surface area contributed by atoms with Gasteiger partial charge in [0.05, 0.1) is 10.7 Å². The lowest BCUT2D eigenvalue weighted by Gasteiger charge is -2.14. The third-order valence-corrected chi connectivity index (χ3v) is 5.12. The maximum absolute atomic E-state index is 12.6. The Hall–Kier alpha value is -2.41. The van der Waals surface area contributed by atoms with Gasteiger partial charge in [-0.05, 0) is 31.0 Å². The summed E-state index contributed by atoms with van der Waals surface area (Å²) in [5.41, 5.74) is 7.52. The molecule has 23 heavy (non-hydrogen) atoms. The number of benzene rings is 1. The minimum atomic E-state index is -0.334. The first kappa shape index (κ1) is 14.2. The molecule has 1 saturated carbocycles. The summed E-state index contributed by atoms with van der Waals surface area (Å²) in [4.78, 5) is 23.5. The molecule has 1 aliphatic rings. The molecule has 0 aliphatic heterocycles. The van der Waals surface area contributed by atoms with Gasteiger partial charge in [-0.25, -0.2) is 14.3 Å². The normalized spacial score (nSPS) is 14.3. The summed E-state index contributed by atoms with van der Waals surface area (Å²) in [6.45, 7) is 0. The molecule has 7 heteroatoms. The molecule has 1 fully saturated rings. The first-order chi connectivity index (χ1) is 11.0. The summed E-state index contributed by atoms with van der Waals surface area (Å²) in [6, 6.07) is 7.25. The second-order valence-corrected chi connectivity index (χ2v) is 7.05. The molecular weight excluding hydrogens is 310 g/mol. The van der Waals surface area contributed by atoms with E-state index in [9.17, 15) is 4.79 Å². The summed E-state index contributed by atoms with van der Waals surface area (Å²) in [5, 5.41) is 1.09. The summed E-state index contributed by atoms with van der Waals surface area (Å²) < 4.78 is 2.50. The monoisotopic (exact) mass is 327 g/mol. The number of fused-ring (bicyclic) bond motifs is 1. The van der Waals surface area contributed by atoms with Gasteiger partial charge in [-0.1, -0.05) is 6.07 Å². The molecule has 0 saturated heterocycles. The number of anilines is 2. The van der Waals surface area contributed by atoms with Crippen molar-refractivity contribution < 1.29 is 0 Å². The van der Waals surface area contributed by atoms with Crippen molar-refractivity contribution in [2.45, 2.75) is 18.8 Å². The maximum Gasteiger partial charge on any atom is 0.355 e. The smallest absolute Gasteiger partial charge is 0.355 e. The molecule has 118 valence electrons. The largest absolute Gasteiger partial charge is 0.399 e. The zero-order valence-electron chi connectivity index (χ0n) is 13.0. The second kappa shape index (κ2) is 5.06. The van der Waals surface area contributed by atoms with Gasteiger partial charge >= 0.3 is 5.69 Å². The van der Waals surface area contributed by atoms with Gasteiger partial charge in [-0.3, -0.25) is 0 Å². The molecule has 2 heterocycles. The maximum atomic E-state index is 12.6. The lowest BCUT2D eigenvalue weighted by molar-refractivity contribution is 0.922. The number of hydrogen-bond donors (Lipinski definition) is 1. The molecule has 0 atom stereocenters. The van der Waals surface area contributed by atoms with Crippen LogP contribution in [0.2, 0.25) is 0 Å². The van der Waals surface area contributed by atoms with Crippen LogP contribution in [0.15, 0.2) is 29.1 Å². The molecule has 0 spiro atoms. The Kier molecular flexibility index (Phi) is 3.12. The number of hydrogen-bond acceptors (Lipinski definition) is 6. The molecule has 1 aromatic carbocycles. The van der Waals surface area contributed by atoms with Crippen LogP contribution in [0.4, 0.5) is 11.5 Å². The quantitative estimate of drug-likeness (QED) is 0.747. The van der Waals surface area contributed by atoms with Crippen LogP contribution < -0.4 is 16.3 Å². The minimum Gasteiger partial charge on any atom is -0.399 e. The average Bonchev–Trinajstić information content (AvgIpc) is 3.26. The van der Waals surface area contributed by atoms with Gasteiger partial charge in [0.15, 0.2) is 11.5 Å². The van der Waals surface area contributed by atoms with Gasteiger partial charge in [-0.15, -0.1) is 11.3 Å². The molecule has 0 bridgehead atoms. The number of thiazole rings is 1. The molecule has 1 aliphatic carbocycles. The Bertz CT molecular complexity index is 955. The molecule has 0 radical (unpaired) electrons. The van der Waals surface area contributed by atoms with Crippen LogP contribution in [0.1, 0.15) is 23.8 Å². The number of nitrogens with two attached hydrogens (primary N) is 1. The highest BCUT2D eigenvalue weighted by molar-refractivity contribution is 7.19. The van der Waals surface area contributed by atoms with Gasteiger partial charge < -0.3 is 10.6 Å². The van der Waals surface area contributed by atoms with E-state index < -0.39 is 0 Å². The Balaban J connectivity index is 2.05. The number of nitrogens with zero attached hydrogens (tertiary/aromatic N) is 4. The first-order valence-corrected chi connectivity index (χ1v) is 8.33. The van der Waals surface area contributed by atoms with Crippen LogP contribution in [0.25, 0.3) is 16.0 Å².